The van der Waals surface area contributed by atoms with E-state index in [4.69, 9.17) is 14.4 Å². The van der Waals surface area contributed by atoms with Crippen LogP contribution < -0.4 is 0 Å². The first-order chi connectivity index (χ1) is 1.73. The molecule has 0 saturated heterocycles. The average Bonchev–Trinajstić information content (AvgIpc) is 0.811. The molecule has 0 aliphatic carbocycles. The van der Waals surface area contributed by atoms with Crippen molar-refractivity contribution in [3.05, 3.63) is 0 Å². The first-order valence-electron chi connectivity index (χ1n) is 0.651. The number of hydrogen-bond donors (Lipinski definition) is 2. The fourth-order valence-electron chi connectivity index (χ4n) is 0. The summed E-state index contributed by atoms with van der Waals surface area (Å²) in [5.74, 6) is 0. The molecular formula is H5BaO3P. The maximum atomic E-state index is 8.74. The Morgan fingerprint density at radius 1 is 1.40 bits per heavy atom. The molecule has 2 N–H and O–H groups in total. The molecule has 0 fully saturated rings. The molecule has 0 saturated carbocycles. The SMILES string of the molecule is O=[PH](O)O.[BaH2]. The van der Waals surface area contributed by atoms with Gasteiger partial charge < -0.3 is 9.79 Å². The van der Waals surface area contributed by atoms with E-state index in [-0.39, 0.29) is 48.9 Å². The van der Waals surface area contributed by atoms with Crippen molar-refractivity contribution in [2.45, 2.75) is 0 Å². The van der Waals surface area contributed by atoms with E-state index in [1.54, 1.807) is 0 Å². The predicted octanol–water partition coefficient (Wildman–Crippen LogP) is -1.56. The molecule has 0 radical (unpaired) electrons. The molecule has 30 valence electrons. The second-order valence-electron chi connectivity index (χ2n) is 0.283. The molecule has 0 aromatic heterocycles. The molecule has 5 heavy (non-hydrogen) atoms. The average molecular weight is 221 g/mol. The maximum absolute atomic E-state index is 8.74. The van der Waals surface area contributed by atoms with E-state index in [0.29, 0.717) is 0 Å². The minimum atomic E-state index is -3.13. The molecule has 0 bridgehead atoms. The Labute approximate surface area is 70.4 Å². The normalized spacial score (nSPS) is 7.00. The molecule has 0 aliphatic rings. The van der Waals surface area contributed by atoms with Crippen LogP contribution in [0.1, 0.15) is 0 Å². The molecule has 0 unspecified atom stereocenters. The van der Waals surface area contributed by atoms with Crippen molar-refractivity contribution in [3.63, 3.8) is 0 Å². The molecule has 0 aromatic carbocycles. The Hall–Kier alpha value is 1.72. The third kappa shape index (κ3) is 26.7. The van der Waals surface area contributed by atoms with E-state index in [2.05, 4.69) is 0 Å². The van der Waals surface area contributed by atoms with Gasteiger partial charge in [-0.1, -0.05) is 0 Å². The van der Waals surface area contributed by atoms with Crippen molar-refractivity contribution in [1.29, 1.82) is 0 Å². The van der Waals surface area contributed by atoms with Gasteiger partial charge in [0.2, 0.25) is 0 Å². The summed E-state index contributed by atoms with van der Waals surface area (Å²) in [7, 11) is -3.13. The zero-order valence-electron chi connectivity index (χ0n) is 1.80. The van der Waals surface area contributed by atoms with Crippen molar-refractivity contribution < 1.29 is 14.4 Å². The van der Waals surface area contributed by atoms with Crippen LogP contribution in [0.25, 0.3) is 0 Å². The quantitative estimate of drug-likeness (QED) is 0.384. The standard InChI is InChI=1S/Ba.H3O3P.2H/c;1-4(2)3;;/h;4H,(H2,1,2,3);;. The van der Waals surface area contributed by atoms with Crippen molar-refractivity contribution in [2.75, 3.05) is 0 Å². The van der Waals surface area contributed by atoms with Crippen LogP contribution in [0.15, 0.2) is 0 Å². The fraction of sp³-hybridized carbons (Fsp3) is 0. The summed E-state index contributed by atoms with van der Waals surface area (Å²) in [6.45, 7) is 0. The van der Waals surface area contributed by atoms with E-state index in [1.165, 1.54) is 0 Å². The van der Waals surface area contributed by atoms with E-state index in [1.807, 2.05) is 0 Å². The molecule has 0 aliphatic heterocycles. The summed E-state index contributed by atoms with van der Waals surface area (Å²) in [6, 6.07) is 0. The molecule has 0 aromatic rings. The van der Waals surface area contributed by atoms with Crippen LogP contribution in [0, 0.1) is 0 Å². The van der Waals surface area contributed by atoms with Crippen LogP contribution in [0.4, 0.5) is 0 Å². The Morgan fingerprint density at radius 3 is 1.40 bits per heavy atom. The summed E-state index contributed by atoms with van der Waals surface area (Å²) in [5, 5.41) is 0. The van der Waals surface area contributed by atoms with Gasteiger partial charge in [-0.25, -0.2) is 0 Å². The predicted molar refractivity (Wildman–Crippen MR) is 22.0 cm³/mol. The van der Waals surface area contributed by atoms with Crippen molar-refractivity contribution in [2.24, 2.45) is 0 Å². The summed E-state index contributed by atoms with van der Waals surface area (Å²) in [6.07, 6.45) is 0. The molecule has 0 rings (SSSR count). The first-order valence-corrected chi connectivity index (χ1v) is 1.95. The Kier molecular flexibility index (Phi) is 11.3. The number of hydrogen-bond acceptors (Lipinski definition) is 1. The Morgan fingerprint density at radius 2 is 1.40 bits per heavy atom. The fourth-order valence-corrected chi connectivity index (χ4v) is 0. The third-order valence-corrected chi connectivity index (χ3v) is 0. The van der Waals surface area contributed by atoms with Gasteiger partial charge in [-0.15, -0.1) is 0 Å². The molecule has 0 spiro atoms. The van der Waals surface area contributed by atoms with E-state index >= 15 is 0 Å². The molecule has 5 heteroatoms. The Bertz CT molecular complexity index is 29.9. The molecule has 0 atom stereocenters. The van der Waals surface area contributed by atoms with Crippen LogP contribution in [-0.2, 0) is 4.57 Å². The van der Waals surface area contributed by atoms with E-state index in [9.17, 15) is 0 Å². The van der Waals surface area contributed by atoms with Gasteiger partial charge in [-0.3, -0.25) is 4.57 Å². The van der Waals surface area contributed by atoms with Crippen molar-refractivity contribution in [3.8, 4) is 0 Å². The van der Waals surface area contributed by atoms with Gasteiger partial charge in [0.25, 0.3) is 0 Å². The van der Waals surface area contributed by atoms with E-state index < -0.39 is 8.25 Å². The molecule has 0 amide bonds. The van der Waals surface area contributed by atoms with Gasteiger partial charge in [0.1, 0.15) is 0 Å². The zero-order valence-corrected chi connectivity index (χ0v) is 2.80. The minimum absolute atomic E-state index is 0. The summed E-state index contributed by atoms with van der Waals surface area (Å²) >= 11 is 0. The van der Waals surface area contributed by atoms with Gasteiger partial charge in [0, 0.05) is 0 Å². The molecule has 0 heterocycles. The van der Waals surface area contributed by atoms with Crippen molar-refractivity contribution in [1.82, 2.24) is 0 Å². The van der Waals surface area contributed by atoms with Crippen LogP contribution in [-0.4, -0.2) is 58.7 Å². The third-order valence-electron chi connectivity index (χ3n) is 0. The molecule has 3 nitrogen and oxygen atoms in total. The Balaban J connectivity index is 0. The van der Waals surface area contributed by atoms with Crippen LogP contribution in [0.2, 0.25) is 0 Å². The second-order valence-corrected chi connectivity index (χ2v) is 0.848. The van der Waals surface area contributed by atoms with E-state index in [0.717, 1.165) is 0 Å². The van der Waals surface area contributed by atoms with Gasteiger partial charge in [-0.2, -0.15) is 0 Å². The monoisotopic (exact) mass is 222 g/mol. The summed E-state index contributed by atoms with van der Waals surface area (Å²) in [4.78, 5) is 14.3. The summed E-state index contributed by atoms with van der Waals surface area (Å²) < 4.78 is 8.74. The summed E-state index contributed by atoms with van der Waals surface area (Å²) in [5.41, 5.74) is 0. The molecular weight excluding hydrogens is 216 g/mol. The zero-order chi connectivity index (χ0) is 3.58. The first kappa shape index (κ1) is 9.87. The van der Waals surface area contributed by atoms with Crippen LogP contribution in [0.3, 0.4) is 0 Å². The van der Waals surface area contributed by atoms with Crippen LogP contribution >= 0.6 is 8.25 Å². The van der Waals surface area contributed by atoms with Gasteiger partial charge in [-0.05, 0) is 0 Å². The van der Waals surface area contributed by atoms with Gasteiger partial charge in [0.15, 0.2) is 0 Å². The van der Waals surface area contributed by atoms with Gasteiger partial charge >= 0.3 is 57.1 Å². The van der Waals surface area contributed by atoms with Crippen LogP contribution in [0.5, 0.6) is 0 Å². The number of rotatable bonds is 0. The van der Waals surface area contributed by atoms with Gasteiger partial charge in [0.05, 0.1) is 0 Å². The van der Waals surface area contributed by atoms with Crippen molar-refractivity contribution >= 4 is 57.1 Å². The second kappa shape index (κ2) is 5.72. The topological polar surface area (TPSA) is 57.5 Å².